The number of carbonyl (C=O) groups excluding carboxylic acids is 2. The highest BCUT2D eigenvalue weighted by Gasteiger charge is 2.30. The zero-order valence-electron chi connectivity index (χ0n) is 15.6. The lowest BCUT2D eigenvalue weighted by molar-refractivity contribution is -0.137. The number of benzene rings is 1. The van der Waals surface area contributed by atoms with Gasteiger partial charge in [-0.25, -0.2) is 4.98 Å². The number of rotatable bonds is 4. The Kier molecular flexibility index (Phi) is 6.36. The molecule has 0 unspecified atom stereocenters. The summed E-state index contributed by atoms with van der Waals surface area (Å²) in [6.07, 6.45) is -1.10. The summed E-state index contributed by atoms with van der Waals surface area (Å²) < 4.78 is 38.2. The van der Waals surface area contributed by atoms with Crippen molar-refractivity contribution in [3.63, 3.8) is 0 Å². The third-order valence-electron chi connectivity index (χ3n) is 4.79. The van der Waals surface area contributed by atoms with Gasteiger partial charge in [0.05, 0.1) is 5.56 Å². The molecule has 29 heavy (non-hydrogen) atoms. The summed E-state index contributed by atoms with van der Waals surface area (Å²) in [6, 6.07) is 9.89. The molecule has 2 amide bonds. The second-order valence-electron chi connectivity index (χ2n) is 6.86. The standard InChI is InChI=1S/C20H21F3N4O2/c21-20(22,23)15-4-3-5-16(12-15)26-19(29)18(28)25-13-14-7-10-27(11-8-14)17-6-1-2-9-24-17/h1-6,9,12,14H,7-8,10-11,13H2,(H,25,28)(H,26,29). The number of piperidine rings is 1. The molecular formula is C20H21F3N4O2. The maximum absolute atomic E-state index is 12.7. The zero-order valence-corrected chi connectivity index (χ0v) is 15.6. The molecule has 1 saturated heterocycles. The molecule has 2 aromatic rings. The molecule has 1 aliphatic heterocycles. The minimum atomic E-state index is -4.52. The fraction of sp³-hybridized carbons (Fsp3) is 0.350. The minimum absolute atomic E-state index is 0.0800. The number of amides is 2. The van der Waals surface area contributed by atoms with Crippen LogP contribution in [0.15, 0.2) is 48.7 Å². The molecule has 2 N–H and O–H groups in total. The van der Waals surface area contributed by atoms with Crippen LogP contribution in [0.3, 0.4) is 0 Å². The highest BCUT2D eigenvalue weighted by molar-refractivity contribution is 6.39. The predicted molar refractivity (Wildman–Crippen MR) is 102 cm³/mol. The molecule has 3 rings (SSSR count). The van der Waals surface area contributed by atoms with E-state index in [1.54, 1.807) is 6.20 Å². The van der Waals surface area contributed by atoms with Crippen molar-refractivity contribution < 1.29 is 22.8 Å². The van der Waals surface area contributed by atoms with Crippen LogP contribution in [-0.2, 0) is 15.8 Å². The fourth-order valence-corrected chi connectivity index (χ4v) is 3.19. The number of nitrogens with zero attached hydrogens (tertiary/aromatic N) is 2. The van der Waals surface area contributed by atoms with Crippen LogP contribution in [0.25, 0.3) is 0 Å². The van der Waals surface area contributed by atoms with Crippen molar-refractivity contribution in [3.8, 4) is 0 Å². The third-order valence-corrected chi connectivity index (χ3v) is 4.79. The minimum Gasteiger partial charge on any atom is -0.357 e. The van der Waals surface area contributed by atoms with Gasteiger partial charge in [0, 0.05) is 31.5 Å². The van der Waals surface area contributed by atoms with Crippen LogP contribution in [0.5, 0.6) is 0 Å². The first-order valence-corrected chi connectivity index (χ1v) is 9.25. The van der Waals surface area contributed by atoms with Crippen LogP contribution < -0.4 is 15.5 Å². The average molecular weight is 406 g/mol. The maximum atomic E-state index is 12.7. The second kappa shape index (κ2) is 8.93. The molecule has 0 aliphatic carbocycles. The SMILES string of the molecule is O=C(NCC1CCN(c2ccccn2)CC1)C(=O)Nc1cccc(C(F)(F)F)c1. The van der Waals surface area contributed by atoms with Gasteiger partial charge in [-0.3, -0.25) is 9.59 Å². The highest BCUT2D eigenvalue weighted by Crippen LogP contribution is 2.30. The number of pyridine rings is 1. The molecule has 1 aromatic carbocycles. The van der Waals surface area contributed by atoms with Crippen LogP contribution in [0.4, 0.5) is 24.7 Å². The lowest BCUT2D eigenvalue weighted by Crippen LogP contribution is -2.42. The Bertz CT molecular complexity index is 850. The molecule has 0 bridgehead atoms. The van der Waals surface area contributed by atoms with Crippen molar-refractivity contribution in [3.05, 3.63) is 54.2 Å². The molecule has 0 saturated carbocycles. The van der Waals surface area contributed by atoms with Crippen molar-refractivity contribution in [2.24, 2.45) is 5.92 Å². The Morgan fingerprint density at radius 1 is 1.07 bits per heavy atom. The van der Waals surface area contributed by atoms with E-state index >= 15 is 0 Å². The Labute approximate surface area is 166 Å². The van der Waals surface area contributed by atoms with Gasteiger partial charge in [-0.2, -0.15) is 13.2 Å². The van der Waals surface area contributed by atoms with E-state index in [2.05, 4.69) is 20.5 Å². The first-order chi connectivity index (χ1) is 13.8. The molecule has 2 heterocycles. The zero-order chi connectivity index (χ0) is 20.9. The molecule has 154 valence electrons. The molecule has 0 atom stereocenters. The molecule has 0 radical (unpaired) electrons. The van der Waals surface area contributed by atoms with Gasteiger partial charge in [-0.15, -0.1) is 0 Å². The van der Waals surface area contributed by atoms with Crippen LogP contribution >= 0.6 is 0 Å². The van der Waals surface area contributed by atoms with E-state index in [-0.39, 0.29) is 11.6 Å². The lowest BCUT2D eigenvalue weighted by Gasteiger charge is -2.32. The number of halogens is 3. The van der Waals surface area contributed by atoms with Gasteiger partial charge >= 0.3 is 18.0 Å². The number of anilines is 2. The molecular weight excluding hydrogens is 385 g/mol. The molecule has 1 fully saturated rings. The Hall–Kier alpha value is -3.10. The summed E-state index contributed by atoms with van der Waals surface area (Å²) in [7, 11) is 0. The van der Waals surface area contributed by atoms with Crippen molar-refractivity contribution in [1.82, 2.24) is 10.3 Å². The van der Waals surface area contributed by atoms with Gasteiger partial charge in [-0.05, 0) is 49.1 Å². The lowest BCUT2D eigenvalue weighted by atomic mass is 9.97. The van der Waals surface area contributed by atoms with Crippen molar-refractivity contribution in [2.75, 3.05) is 29.9 Å². The fourth-order valence-electron chi connectivity index (χ4n) is 3.19. The Morgan fingerprint density at radius 3 is 2.48 bits per heavy atom. The molecule has 1 aliphatic rings. The summed E-state index contributed by atoms with van der Waals surface area (Å²) in [5, 5.41) is 4.77. The van der Waals surface area contributed by atoms with E-state index < -0.39 is 23.6 Å². The largest absolute Gasteiger partial charge is 0.416 e. The van der Waals surface area contributed by atoms with Crippen LogP contribution in [-0.4, -0.2) is 36.4 Å². The van der Waals surface area contributed by atoms with Crippen molar-refractivity contribution in [2.45, 2.75) is 19.0 Å². The number of carbonyl (C=O) groups is 2. The molecule has 0 spiro atoms. The smallest absolute Gasteiger partial charge is 0.357 e. The monoisotopic (exact) mass is 406 g/mol. The van der Waals surface area contributed by atoms with Gasteiger partial charge in [0.1, 0.15) is 5.82 Å². The summed E-state index contributed by atoms with van der Waals surface area (Å²) >= 11 is 0. The molecule has 9 heteroatoms. The summed E-state index contributed by atoms with van der Waals surface area (Å²) in [6.45, 7) is 1.94. The Balaban J connectivity index is 1.45. The van der Waals surface area contributed by atoms with E-state index in [1.807, 2.05) is 18.2 Å². The second-order valence-corrected chi connectivity index (χ2v) is 6.86. The van der Waals surface area contributed by atoms with Gasteiger partial charge in [0.15, 0.2) is 0 Å². The van der Waals surface area contributed by atoms with Gasteiger partial charge < -0.3 is 15.5 Å². The average Bonchev–Trinajstić information content (AvgIpc) is 2.72. The van der Waals surface area contributed by atoms with Crippen LogP contribution in [0, 0.1) is 5.92 Å². The first-order valence-electron chi connectivity index (χ1n) is 9.25. The van der Waals surface area contributed by atoms with E-state index in [1.165, 1.54) is 12.1 Å². The van der Waals surface area contributed by atoms with Gasteiger partial charge in [-0.1, -0.05) is 12.1 Å². The van der Waals surface area contributed by atoms with Gasteiger partial charge in [0.25, 0.3) is 0 Å². The first kappa shape index (κ1) is 20.6. The predicted octanol–water partition coefficient (Wildman–Crippen LogP) is 3.07. The number of alkyl halides is 3. The van der Waals surface area contributed by atoms with E-state index in [4.69, 9.17) is 0 Å². The van der Waals surface area contributed by atoms with Crippen LogP contribution in [0.2, 0.25) is 0 Å². The van der Waals surface area contributed by atoms with Crippen LogP contribution in [0.1, 0.15) is 18.4 Å². The van der Waals surface area contributed by atoms with E-state index in [0.29, 0.717) is 6.54 Å². The quantitative estimate of drug-likeness (QED) is 0.766. The summed E-state index contributed by atoms with van der Waals surface area (Å²) in [4.78, 5) is 30.4. The van der Waals surface area contributed by atoms with Gasteiger partial charge in [0.2, 0.25) is 0 Å². The van der Waals surface area contributed by atoms with E-state index in [9.17, 15) is 22.8 Å². The number of nitrogens with one attached hydrogen (secondary N) is 2. The maximum Gasteiger partial charge on any atom is 0.416 e. The van der Waals surface area contributed by atoms with E-state index in [0.717, 1.165) is 43.9 Å². The van der Waals surface area contributed by atoms with Crippen molar-refractivity contribution >= 4 is 23.3 Å². The topological polar surface area (TPSA) is 74.3 Å². The summed E-state index contributed by atoms with van der Waals surface area (Å²) in [5.74, 6) is -0.722. The third kappa shape index (κ3) is 5.69. The highest BCUT2D eigenvalue weighted by atomic mass is 19.4. The molecule has 6 nitrogen and oxygen atoms in total. The number of hydrogen-bond acceptors (Lipinski definition) is 4. The number of hydrogen-bond donors (Lipinski definition) is 2. The summed E-state index contributed by atoms with van der Waals surface area (Å²) in [5.41, 5.74) is -0.973. The normalized spacial score (nSPS) is 15.1. The molecule has 1 aromatic heterocycles. The van der Waals surface area contributed by atoms with Crippen molar-refractivity contribution in [1.29, 1.82) is 0 Å². The Morgan fingerprint density at radius 2 is 1.83 bits per heavy atom. The number of aromatic nitrogens is 1.